The molecule has 6 aliphatic rings. The number of amides is 1. The maximum absolute atomic E-state index is 14.3. The van der Waals surface area contributed by atoms with E-state index in [2.05, 4.69) is 107 Å². The highest BCUT2D eigenvalue weighted by atomic mass is 35.5. The number of allylic oxidation sites excluding steroid dienone is 2. The highest BCUT2D eigenvalue weighted by molar-refractivity contribution is 7.99. The first-order chi connectivity index (χ1) is 64.6. The number of carbonyl (C=O) groups is 3. The van der Waals surface area contributed by atoms with Crippen LogP contribution in [0.2, 0.25) is 10.0 Å². The number of nitrogens with one attached hydrogen (secondary N) is 3. The van der Waals surface area contributed by atoms with E-state index in [1.54, 1.807) is 41.3 Å². The Balaban J connectivity index is 0.000000231. The van der Waals surface area contributed by atoms with E-state index in [0.717, 1.165) is 181 Å². The van der Waals surface area contributed by atoms with Gasteiger partial charge in [-0.1, -0.05) is 128 Å². The number of benzene rings is 8. The van der Waals surface area contributed by atoms with Crippen LogP contribution in [0, 0.1) is 10.8 Å². The maximum Gasteiger partial charge on any atom is 0.501 e. The number of Topliss-reactive ketones (excluding diaryl/α,β-unsaturated/α-hetero) is 2. The van der Waals surface area contributed by atoms with Crippen LogP contribution in [0.4, 0.5) is 49.1 Å². The van der Waals surface area contributed by atoms with E-state index in [1.165, 1.54) is 69.1 Å². The van der Waals surface area contributed by atoms with Crippen LogP contribution >= 0.6 is 46.7 Å². The lowest BCUT2D eigenvalue weighted by Gasteiger charge is -2.39. The van der Waals surface area contributed by atoms with Crippen LogP contribution < -0.4 is 25.8 Å². The summed E-state index contributed by atoms with van der Waals surface area (Å²) in [5.41, 5.74) is 6.77. The second kappa shape index (κ2) is 46.0. The fourth-order valence-corrected chi connectivity index (χ4v) is 24.8. The van der Waals surface area contributed by atoms with Crippen molar-refractivity contribution in [3.8, 4) is 0 Å². The van der Waals surface area contributed by atoms with E-state index in [9.17, 15) is 74.4 Å². The number of halogens is 8. The molecule has 136 heavy (non-hydrogen) atoms. The predicted molar refractivity (Wildman–Crippen MR) is 529 cm³/mol. The number of carbonyl (C=O) groups excluding carboxylic acids is 3. The molecule has 4 saturated heterocycles. The quantitative estimate of drug-likeness (QED) is 0.00821. The number of alkyl halides is 6. The van der Waals surface area contributed by atoms with Crippen LogP contribution in [0.3, 0.4) is 0 Å². The van der Waals surface area contributed by atoms with Gasteiger partial charge in [-0.3, -0.25) is 29.1 Å². The molecule has 0 radical (unpaired) electrons. The summed E-state index contributed by atoms with van der Waals surface area (Å²) in [5.74, 6) is -3.34. The molecule has 1 amide bonds. The number of rotatable bonds is 36. The lowest BCUT2D eigenvalue weighted by Crippen LogP contribution is -2.50. The number of ketones is 2. The van der Waals surface area contributed by atoms with Crippen molar-refractivity contribution < 1.29 is 74.4 Å². The molecule has 0 saturated carbocycles. The van der Waals surface area contributed by atoms with Crippen molar-refractivity contribution in [2.75, 3.05) is 181 Å². The molecule has 3 N–H and O–H groups in total. The molecule has 38 heteroatoms. The van der Waals surface area contributed by atoms with Gasteiger partial charge < -0.3 is 35.6 Å². The summed E-state index contributed by atoms with van der Waals surface area (Å²) in [7, 11) is -21.3. The van der Waals surface area contributed by atoms with Crippen molar-refractivity contribution >= 4 is 137 Å². The molecule has 8 aromatic carbocycles. The molecule has 8 aromatic rings. The zero-order chi connectivity index (χ0) is 97.4. The van der Waals surface area contributed by atoms with E-state index < -0.39 is 111 Å². The predicted octanol–water partition coefficient (Wildman–Crippen LogP) is 18.4. The van der Waals surface area contributed by atoms with Gasteiger partial charge in [-0.25, -0.2) is 33.7 Å². The Morgan fingerprint density at radius 1 is 0.478 bits per heavy atom. The molecule has 24 nitrogen and oxygen atoms in total. The number of hydrogen-bond donors (Lipinski definition) is 3. The first-order valence-electron chi connectivity index (χ1n) is 45.4. The van der Waals surface area contributed by atoms with E-state index >= 15 is 0 Å². The van der Waals surface area contributed by atoms with Gasteiger partial charge in [0.25, 0.3) is 19.7 Å². The monoisotopic (exact) mass is 2030 g/mol. The van der Waals surface area contributed by atoms with Gasteiger partial charge in [0.2, 0.25) is 5.91 Å². The molecule has 4 aliphatic heterocycles. The minimum absolute atomic E-state index is 0.0823. The Kier molecular flexibility index (Phi) is 35.3. The molecule has 0 aromatic heterocycles. The molecule has 14 rings (SSSR count). The molecule has 0 unspecified atom stereocenters. The first-order valence-corrected chi connectivity index (χ1v) is 54.4. The van der Waals surface area contributed by atoms with Crippen LogP contribution in [0.5, 0.6) is 0 Å². The third-order valence-electron chi connectivity index (χ3n) is 25.8. The molecule has 0 spiro atoms. The SMILES string of the molecule is CC1(C)CCC(c2ccc(Cl)cc2)=C(CN2CCN(c3ccc(C(=O)CS(=O)(=O)c4ccc(N[C@H](CCN5CCN(C(=O)CN=[N+]=[N-])CC5)CSc5ccccc5)c(S(=O)(=O)C(F)(F)F)c4)cc3)CC2)C1.CC1(C)CCC(c2ccc(Cl)cc2)=C(CN2CCN(c3ccc(C(=O)CS(=O)(=O)c4ccc(N[C@H](CCN5CCNCC5)CSc5ccccc5)c(S(=O)(=O)C(F)(F)F)c4)cc3)CC2)C1. The summed E-state index contributed by atoms with van der Waals surface area (Å²) in [6.45, 7) is 23.0. The van der Waals surface area contributed by atoms with Gasteiger partial charge in [-0.2, -0.15) is 26.3 Å². The molecule has 4 heterocycles. The summed E-state index contributed by atoms with van der Waals surface area (Å²) < 4.78 is 193. The molecule has 2 atom stereocenters. The van der Waals surface area contributed by atoms with Crippen molar-refractivity contribution in [3.05, 3.63) is 248 Å². The second-order valence-corrected chi connectivity index (χ2v) is 47.6. The summed E-state index contributed by atoms with van der Waals surface area (Å²) >= 11 is 15.3. The Morgan fingerprint density at radius 3 is 1.21 bits per heavy atom. The smallest absolute Gasteiger partial charge is 0.380 e. The minimum atomic E-state index is -6.10. The van der Waals surface area contributed by atoms with Crippen LogP contribution in [-0.4, -0.2) is 259 Å². The average Bonchev–Trinajstić information content (AvgIpc) is 0.764. The summed E-state index contributed by atoms with van der Waals surface area (Å²) in [4.78, 5) is 55.0. The number of anilines is 4. The van der Waals surface area contributed by atoms with E-state index in [4.69, 9.17) is 28.7 Å². The summed E-state index contributed by atoms with van der Waals surface area (Å²) in [6, 6.07) is 52.0. The highest BCUT2D eigenvalue weighted by Crippen LogP contribution is 2.46. The Bertz CT molecular complexity index is 6100. The standard InChI is InChI=1S/C50H58ClF3N8O6S3.C48H57ClF3N5O5S3/c1-49(2)20-18-44(36-8-12-39(51)13-9-36)38(31-49)33-60-24-26-61(27-25-60)41-14-10-37(11-15-41)46(63)35-70(65,66)43-16-17-45(47(30-43)71(67,68)50(52,53)54)57-40(34-69-42-6-4-3-5-7-42)19-21-59-22-28-62(29-23-59)48(64)32-56-58-55;1-47(2)20-18-43(35-8-12-38(49)13-9-35)37(31-47)32-56-26-28-57(29-27-56)40-14-10-36(11-15-40)45(58)34-64(59,60)42-16-17-44(46(30-42)65(61,62)48(50,51)52)54-39(19-23-55-24-21-53-22-25-55)33-63-41-6-4-3-5-7-41/h3-17,30,40,57H,18-29,31-35H2,1-2H3;3-17,30,39,53-54H,18-29,31-34H2,1-2H3/t40-;39-/m11/s1. The van der Waals surface area contributed by atoms with Gasteiger partial charge in [0, 0.05) is 202 Å². The molecular weight excluding hydrogens is 1910 g/mol. The minimum Gasteiger partial charge on any atom is -0.380 e. The van der Waals surface area contributed by atoms with Gasteiger partial charge in [0.05, 0.1) is 21.2 Å². The van der Waals surface area contributed by atoms with Gasteiger partial charge in [-0.15, -0.1) is 23.5 Å². The molecule has 730 valence electrons. The largest absolute Gasteiger partial charge is 0.501 e. The highest BCUT2D eigenvalue weighted by Gasteiger charge is 2.50. The van der Waals surface area contributed by atoms with Gasteiger partial charge >= 0.3 is 11.0 Å². The van der Waals surface area contributed by atoms with Gasteiger partial charge in [-0.05, 0) is 223 Å². The van der Waals surface area contributed by atoms with E-state index in [-0.39, 0.29) is 40.1 Å². The molecular formula is C98H115Cl2F6N13O11S6. The normalized spacial score (nSPS) is 18.0. The maximum atomic E-state index is 14.3. The van der Waals surface area contributed by atoms with Gasteiger partial charge in [0.15, 0.2) is 31.2 Å². The number of piperazine rings is 4. The van der Waals surface area contributed by atoms with E-state index in [1.807, 2.05) is 84.9 Å². The lowest BCUT2D eigenvalue weighted by molar-refractivity contribution is -0.131. The first kappa shape index (κ1) is 104. The van der Waals surface area contributed by atoms with Crippen molar-refractivity contribution in [1.82, 2.24) is 29.8 Å². The molecule has 4 fully saturated rings. The second-order valence-electron chi connectivity index (χ2n) is 36.8. The van der Waals surface area contributed by atoms with Crippen molar-refractivity contribution in [1.29, 1.82) is 0 Å². The molecule has 0 bridgehead atoms. The van der Waals surface area contributed by atoms with Crippen LogP contribution in [0.1, 0.15) is 111 Å². The number of azide groups is 1. The number of thioether (sulfide) groups is 2. The zero-order valence-corrected chi connectivity index (χ0v) is 82.8. The molecule has 2 aliphatic carbocycles. The van der Waals surface area contributed by atoms with Gasteiger partial charge in [0.1, 0.15) is 27.8 Å². The Morgan fingerprint density at radius 2 is 0.846 bits per heavy atom. The van der Waals surface area contributed by atoms with Crippen LogP contribution in [-0.2, 0) is 44.1 Å². The van der Waals surface area contributed by atoms with Crippen molar-refractivity contribution in [2.45, 2.75) is 132 Å². The van der Waals surface area contributed by atoms with E-state index in [0.29, 0.717) is 80.8 Å². The van der Waals surface area contributed by atoms with Crippen LogP contribution in [0.25, 0.3) is 21.6 Å². The van der Waals surface area contributed by atoms with Crippen molar-refractivity contribution in [3.63, 3.8) is 0 Å². The number of nitrogens with zero attached hydrogens (tertiary/aromatic N) is 10. The number of sulfone groups is 4. The van der Waals surface area contributed by atoms with Crippen LogP contribution in [0.15, 0.2) is 240 Å². The third-order valence-corrected chi connectivity index (χ3v) is 34.9. The summed E-state index contributed by atoms with van der Waals surface area (Å²) in [6.07, 6.45) is 7.13. The fourth-order valence-electron chi connectivity index (χ4n) is 18.0. The topological polar surface area (TPSA) is 295 Å². The fraction of sp³-hybridized carbons (Fsp3) is 0.439. The zero-order valence-electron chi connectivity index (χ0n) is 76.4. The third kappa shape index (κ3) is 28.2. The van der Waals surface area contributed by atoms with Crippen molar-refractivity contribution in [2.24, 2.45) is 15.9 Å². The Hall–Kier alpha value is -8.98. The number of hydrogen-bond acceptors (Lipinski definition) is 23. The summed E-state index contributed by atoms with van der Waals surface area (Å²) in [5, 5.41) is 14.1. The average molecular weight is 2030 g/mol. The lowest BCUT2D eigenvalue weighted by atomic mass is 9.72. The Labute approximate surface area is 812 Å².